The van der Waals surface area contributed by atoms with Crippen LogP contribution in [0.5, 0.6) is 5.75 Å². The van der Waals surface area contributed by atoms with Crippen molar-refractivity contribution in [2.24, 2.45) is 11.0 Å². The Bertz CT molecular complexity index is 1010. The number of halogens is 4. The summed E-state index contributed by atoms with van der Waals surface area (Å²) in [6.45, 7) is -0.205. The van der Waals surface area contributed by atoms with Gasteiger partial charge in [-0.15, -0.1) is 0 Å². The number of amides is 2. The molecule has 2 amide bonds. The van der Waals surface area contributed by atoms with Crippen LogP contribution in [0.25, 0.3) is 0 Å². The van der Waals surface area contributed by atoms with Crippen molar-refractivity contribution in [1.29, 1.82) is 0 Å². The molecular weight excluding hydrogens is 420 g/mol. The lowest BCUT2D eigenvalue weighted by Gasteiger charge is -2.16. The number of hydrogen-bond acceptors (Lipinski definition) is 5. The minimum absolute atomic E-state index is 0.0654. The van der Waals surface area contributed by atoms with Crippen molar-refractivity contribution in [1.82, 2.24) is 4.98 Å². The summed E-state index contributed by atoms with van der Waals surface area (Å²) in [4.78, 5) is 29.1. The molecule has 0 bridgehead atoms. The maximum atomic E-state index is 13.9. The average Bonchev–Trinajstić information content (AvgIpc) is 3.02. The molecule has 1 aromatic carbocycles. The van der Waals surface area contributed by atoms with Crippen LogP contribution in [0.1, 0.15) is 26.0 Å². The molecule has 0 aliphatic carbocycles. The molecule has 0 fully saturated rings. The van der Waals surface area contributed by atoms with Crippen LogP contribution >= 0.6 is 0 Å². The quantitative estimate of drug-likeness (QED) is 0.520. The molecule has 2 heterocycles. The smallest absolute Gasteiger partial charge is 0.387 e. The summed E-state index contributed by atoms with van der Waals surface area (Å²) in [5.41, 5.74) is -0.00188. The van der Waals surface area contributed by atoms with Gasteiger partial charge in [0.15, 0.2) is 5.92 Å². The second kappa shape index (κ2) is 8.70. The van der Waals surface area contributed by atoms with Crippen LogP contribution in [0.3, 0.4) is 0 Å². The van der Waals surface area contributed by atoms with Crippen molar-refractivity contribution in [3.63, 3.8) is 0 Å². The maximum absolute atomic E-state index is 13.9. The summed E-state index contributed by atoms with van der Waals surface area (Å²) in [5.74, 6) is -5.95. The monoisotopic (exact) mass is 438 g/mol. The molecule has 1 aliphatic rings. The number of hydrazone groups is 1. The number of alkyl halides is 4. The fourth-order valence-electron chi connectivity index (χ4n) is 2.93. The van der Waals surface area contributed by atoms with Gasteiger partial charge in [-0.3, -0.25) is 14.6 Å². The van der Waals surface area contributed by atoms with Gasteiger partial charge >= 0.3 is 6.61 Å². The van der Waals surface area contributed by atoms with E-state index in [-0.39, 0.29) is 22.8 Å². The van der Waals surface area contributed by atoms with Crippen molar-refractivity contribution >= 4 is 28.9 Å². The van der Waals surface area contributed by atoms with Crippen LogP contribution < -0.4 is 15.1 Å². The minimum atomic E-state index is -3.15. The number of rotatable bonds is 7. The van der Waals surface area contributed by atoms with Gasteiger partial charge in [0, 0.05) is 18.3 Å². The standard InChI is InChI=1S/C20H18F4N4O3/c1-3-20(23,24)15-10-12(8-9-25-15)26-17(29)16-11(2)27-28(18(16)30)13-4-6-14(7-5-13)31-19(21)22/h4-10,16,19H,3H2,1-2H3,(H,25,26,29). The molecule has 1 unspecified atom stereocenters. The third kappa shape index (κ3) is 4.81. The van der Waals surface area contributed by atoms with Gasteiger partial charge in [-0.2, -0.15) is 27.7 Å². The number of nitrogens with zero attached hydrogens (tertiary/aromatic N) is 3. The SMILES string of the molecule is CCC(F)(F)c1cc(NC(=O)C2C(=O)N(c3ccc(OC(F)F)cc3)N=C2C)ccn1. The Hall–Kier alpha value is -3.50. The van der Waals surface area contributed by atoms with E-state index in [0.29, 0.717) is 0 Å². The van der Waals surface area contributed by atoms with E-state index in [0.717, 1.165) is 17.3 Å². The zero-order chi connectivity index (χ0) is 22.8. The number of anilines is 2. The van der Waals surface area contributed by atoms with Crippen molar-refractivity contribution in [2.75, 3.05) is 10.3 Å². The van der Waals surface area contributed by atoms with E-state index in [9.17, 15) is 27.2 Å². The molecule has 11 heteroatoms. The number of hydrogen-bond donors (Lipinski definition) is 1. The summed E-state index contributed by atoms with van der Waals surface area (Å²) in [6, 6.07) is 7.54. The average molecular weight is 438 g/mol. The Morgan fingerprint density at radius 2 is 1.94 bits per heavy atom. The first kappa shape index (κ1) is 22.2. The predicted octanol–water partition coefficient (Wildman–Crippen LogP) is 4.16. The normalized spacial score (nSPS) is 16.5. The molecule has 7 nitrogen and oxygen atoms in total. The lowest BCUT2D eigenvalue weighted by molar-refractivity contribution is -0.127. The van der Waals surface area contributed by atoms with E-state index in [1.807, 2.05) is 0 Å². The van der Waals surface area contributed by atoms with E-state index >= 15 is 0 Å². The second-order valence-corrected chi connectivity index (χ2v) is 6.67. The van der Waals surface area contributed by atoms with Crippen LogP contribution in [0.4, 0.5) is 28.9 Å². The Balaban J connectivity index is 1.74. The maximum Gasteiger partial charge on any atom is 0.387 e. The molecule has 0 radical (unpaired) electrons. The lowest BCUT2D eigenvalue weighted by Crippen LogP contribution is -2.36. The highest BCUT2D eigenvalue weighted by Gasteiger charge is 2.40. The van der Waals surface area contributed by atoms with Crippen LogP contribution in [-0.2, 0) is 15.5 Å². The number of pyridine rings is 1. The van der Waals surface area contributed by atoms with Crippen LogP contribution in [0.2, 0.25) is 0 Å². The lowest BCUT2D eigenvalue weighted by atomic mass is 10.0. The van der Waals surface area contributed by atoms with Crippen molar-refractivity contribution in [2.45, 2.75) is 32.8 Å². The predicted molar refractivity (Wildman–Crippen MR) is 104 cm³/mol. The first-order valence-electron chi connectivity index (χ1n) is 9.21. The molecular formula is C20H18F4N4O3. The molecule has 3 rings (SSSR count). The van der Waals surface area contributed by atoms with Gasteiger partial charge < -0.3 is 10.1 Å². The highest BCUT2D eigenvalue weighted by atomic mass is 19.3. The Morgan fingerprint density at radius 1 is 1.26 bits per heavy atom. The van der Waals surface area contributed by atoms with Gasteiger partial charge in [0.05, 0.1) is 11.4 Å². The number of ether oxygens (including phenoxy) is 1. The van der Waals surface area contributed by atoms with Gasteiger partial charge in [0.25, 0.3) is 11.8 Å². The van der Waals surface area contributed by atoms with Crippen molar-refractivity contribution in [3.05, 3.63) is 48.3 Å². The van der Waals surface area contributed by atoms with Gasteiger partial charge in [-0.05, 0) is 43.3 Å². The molecule has 1 aromatic heterocycles. The number of carbonyl (C=O) groups is 2. The van der Waals surface area contributed by atoms with E-state index in [1.165, 1.54) is 44.2 Å². The molecule has 0 saturated heterocycles. The molecule has 2 aromatic rings. The van der Waals surface area contributed by atoms with Gasteiger partial charge in [-0.1, -0.05) is 6.92 Å². The zero-order valence-electron chi connectivity index (χ0n) is 16.5. The molecule has 1 N–H and O–H groups in total. The molecule has 0 spiro atoms. The molecule has 1 aliphatic heterocycles. The number of carbonyl (C=O) groups excluding carboxylic acids is 2. The Labute approximate surface area is 174 Å². The van der Waals surface area contributed by atoms with Gasteiger partial charge in [0.2, 0.25) is 5.91 Å². The highest BCUT2D eigenvalue weighted by molar-refractivity contribution is 6.28. The second-order valence-electron chi connectivity index (χ2n) is 6.67. The zero-order valence-corrected chi connectivity index (χ0v) is 16.5. The summed E-state index contributed by atoms with van der Waals surface area (Å²) in [5, 5.41) is 7.47. The largest absolute Gasteiger partial charge is 0.435 e. The van der Waals surface area contributed by atoms with E-state index < -0.39 is 42.4 Å². The topological polar surface area (TPSA) is 83.9 Å². The fourth-order valence-corrected chi connectivity index (χ4v) is 2.93. The third-order valence-corrected chi connectivity index (χ3v) is 4.55. The molecule has 31 heavy (non-hydrogen) atoms. The first-order valence-corrected chi connectivity index (χ1v) is 9.21. The molecule has 1 atom stereocenters. The third-order valence-electron chi connectivity index (χ3n) is 4.55. The Morgan fingerprint density at radius 3 is 2.55 bits per heavy atom. The first-order chi connectivity index (χ1) is 14.6. The van der Waals surface area contributed by atoms with E-state index in [2.05, 4.69) is 20.1 Å². The summed E-state index contributed by atoms with van der Waals surface area (Å²) in [7, 11) is 0. The molecule has 0 saturated carbocycles. The number of benzene rings is 1. The number of aromatic nitrogens is 1. The Kier molecular flexibility index (Phi) is 6.23. The van der Waals surface area contributed by atoms with Crippen molar-refractivity contribution in [3.8, 4) is 5.75 Å². The molecule has 164 valence electrons. The van der Waals surface area contributed by atoms with Gasteiger partial charge in [-0.25, -0.2) is 0 Å². The van der Waals surface area contributed by atoms with Crippen molar-refractivity contribution < 1.29 is 31.9 Å². The highest BCUT2D eigenvalue weighted by Crippen LogP contribution is 2.31. The van der Waals surface area contributed by atoms with Gasteiger partial charge in [0.1, 0.15) is 11.4 Å². The van der Waals surface area contributed by atoms with E-state index in [1.54, 1.807) is 0 Å². The number of nitrogens with one attached hydrogen (secondary N) is 1. The van der Waals surface area contributed by atoms with Crippen LogP contribution in [0.15, 0.2) is 47.7 Å². The van der Waals surface area contributed by atoms with Crippen LogP contribution in [0, 0.1) is 5.92 Å². The minimum Gasteiger partial charge on any atom is -0.435 e. The fraction of sp³-hybridized carbons (Fsp3) is 0.300. The summed E-state index contributed by atoms with van der Waals surface area (Å²) < 4.78 is 56.5. The summed E-state index contributed by atoms with van der Waals surface area (Å²) >= 11 is 0. The summed E-state index contributed by atoms with van der Waals surface area (Å²) in [6.07, 6.45) is 0.682. The van der Waals surface area contributed by atoms with E-state index in [4.69, 9.17) is 0 Å². The van der Waals surface area contributed by atoms with Crippen LogP contribution in [-0.4, -0.2) is 29.1 Å².